The number of allylic oxidation sites excluding steroid dienone is 1. The predicted molar refractivity (Wildman–Crippen MR) is 132 cm³/mol. The molecule has 3 saturated carbocycles. The second kappa shape index (κ2) is 8.02. The molecule has 4 fully saturated rings. The van der Waals surface area contributed by atoms with Gasteiger partial charge in [0.15, 0.2) is 5.79 Å². The number of hydrogen-bond donors (Lipinski definition) is 2. The lowest BCUT2D eigenvalue weighted by Gasteiger charge is -2.57. The van der Waals surface area contributed by atoms with Crippen molar-refractivity contribution in [3.63, 3.8) is 0 Å². The Balaban J connectivity index is 1.49. The van der Waals surface area contributed by atoms with Crippen molar-refractivity contribution in [2.45, 2.75) is 88.1 Å². The average Bonchev–Trinajstić information content (AvgIpc) is 3.40. The van der Waals surface area contributed by atoms with Gasteiger partial charge in [0.2, 0.25) is 0 Å². The molecule has 0 aromatic heterocycles. The number of carbonyl (C=O) groups is 1. The Hall–Kier alpha value is -1.97. The van der Waals surface area contributed by atoms with Crippen LogP contribution in [-0.4, -0.2) is 46.7 Å². The highest BCUT2D eigenvalue weighted by atomic mass is 16.7. The molecule has 5 nitrogen and oxygen atoms in total. The third kappa shape index (κ3) is 3.34. The van der Waals surface area contributed by atoms with E-state index in [0.29, 0.717) is 49.9 Å². The zero-order chi connectivity index (χ0) is 24.5. The summed E-state index contributed by atoms with van der Waals surface area (Å²) in [6, 6.07) is 7.89. The highest BCUT2D eigenvalue weighted by Crippen LogP contribution is 2.67. The molecule has 1 spiro atoms. The molecular weight excluding hydrogens is 440 g/mol. The molecule has 2 N–H and O–H groups in total. The Morgan fingerprint density at radius 3 is 2.49 bits per heavy atom. The summed E-state index contributed by atoms with van der Waals surface area (Å²) in [6.07, 6.45) is 6.94. The van der Waals surface area contributed by atoms with E-state index in [1.165, 1.54) is 11.1 Å². The van der Waals surface area contributed by atoms with Gasteiger partial charge in [0.05, 0.1) is 18.8 Å². The summed E-state index contributed by atoms with van der Waals surface area (Å²) < 4.78 is 12.0. The first-order chi connectivity index (χ1) is 16.8. The van der Waals surface area contributed by atoms with Crippen molar-refractivity contribution in [3.8, 4) is 11.8 Å². The van der Waals surface area contributed by atoms with E-state index in [2.05, 4.69) is 30.9 Å². The van der Waals surface area contributed by atoms with Gasteiger partial charge in [-0.15, -0.1) is 5.92 Å². The number of carbonyl (C=O) groups excluding carboxylic acids is 1. The Kier molecular flexibility index (Phi) is 5.37. The first kappa shape index (κ1) is 23.4. The highest BCUT2D eigenvalue weighted by molar-refractivity contribution is 5.74. The van der Waals surface area contributed by atoms with Gasteiger partial charge in [0.25, 0.3) is 0 Å². The lowest BCUT2D eigenvalue weighted by Crippen LogP contribution is -2.55. The van der Waals surface area contributed by atoms with E-state index in [1.54, 1.807) is 0 Å². The van der Waals surface area contributed by atoms with E-state index >= 15 is 0 Å². The van der Waals surface area contributed by atoms with E-state index in [0.717, 1.165) is 44.0 Å². The third-order valence-corrected chi connectivity index (χ3v) is 10.2. The van der Waals surface area contributed by atoms with Gasteiger partial charge in [-0.2, -0.15) is 0 Å². The minimum absolute atomic E-state index is 0.0755. The molecule has 1 aliphatic heterocycles. The molecule has 2 unspecified atom stereocenters. The molecule has 6 rings (SSSR count). The second-order valence-corrected chi connectivity index (χ2v) is 11.7. The van der Waals surface area contributed by atoms with Crippen LogP contribution in [0.5, 0.6) is 0 Å². The van der Waals surface area contributed by atoms with Crippen LogP contribution in [0.25, 0.3) is 0 Å². The van der Waals surface area contributed by atoms with Crippen LogP contribution in [0.2, 0.25) is 0 Å². The van der Waals surface area contributed by atoms with Gasteiger partial charge in [-0.1, -0.05) is 42.7 Å². The van der Waals surface area contributed by atoms with Crippen molar-refractivity contribution >= 4 is 6.29 Å². The van der Waals surface area contributed by atoms with Crippen molar-refractivity contribution in [1.82, 2.24) is 0 Å². The van der Waals surface area contributed by atoms with Crippen LogP contribution in [0.1, 0.15) is 87.1 Å². The molecule has 1 aromatic carbocycles. The first-order valence-electron chi connectivity index (χ1n) is 13.2. The number of fused-ring (bicyclic) bond motifs is 4. The van der Waals surface area contributed by atoms with Gasteiger partial charge in [0.1, 0.15) is 11.9 Å². The maximum absolute atomic E-state index is 12.1. The lowest BCUT2D eigenvalue weighted by molar-refractivity contribution is -0.208. The maximum Gasteiger partial charge on any atom is 0.171 e. The third-order valence-electron chi connectivity index (χ3n) is 10.2. The van der Waals surface area contributed by atoms with Gasteiger partial charge in [0, 0.05) is 29.7 Å². The zero-order valence-electron chi connectivity index (χ0n) is 20.8. The SMILES string of the molecule is CC#C[C@]1(O)CCC2C3CC[C@@]4(O)CC5(CCC4=C3[C@@H](c3ccc(C=O)cc3)C[C@@]21C)OCCO5. The number of rotatable bonds is 2. The summed E-state index contributed by atoms with van der Waals surface area (Å²) in [4.78, 5) is 11.3. The number of ether oxygens (including phenoxy) is 2. The summed E-state index contributed by atoms with van der Waals surface area (Å²) in [6.45, 7) is 5.23. The van der Waals surface area contributed by atoms with Crippen molar-refractivity contribution in [2.75, 3.05) is 13.2 Å². The molecular formula is C30H36O5. The Morgan fingerprint density at radius 2 is 1.80 bits per heavy atom. The molecule has 186 valence electrons. The zero-order valence-corrected chi connectivity index (χ0v) is 20.8. The monoisotopic (exact) mass is 476 g/mol. The van der Waals surface area contributed by atoms with Gasteiger partial charge < -0.3 is 19.7 Å². The summed E-state index contributed by atoms with van der Waals surface area (Å²) in [5.41, 5.74) is 2.12. The van der Waals surface area contributed by atoms with E-state index in [1.807, 2.05) is 19.1 Å². The molecule has 4 aliphatic carbocycles. The molecule has 1 heterocycles. The molecule has 0 radical (unpaired) electrons. The van der Waals surface area contributed by atoms with Crippen molar-refractivity contribution in [2.24, 2.45) is 17.3 Å². The van der Waals surface area contributed by atoms with E-state index in [9.17, 15) is 15.0 Å². The standard InChI is InChI=1S/C30H36O5/c1-3-11-29(33)13-9-24-22-8-12-28(32)19-30(34-15-16-35-30)14-10-25(28)26(22)23(17-27(24,29)2)21-6-4-20(18-31)5-7-21/h4-7,18,22-24,32-33H,8-10,12-17,19H2,1-2H3/t22?,23-,24?,27+,28-,29+/m1/s1. The normalized spacial score (nSPS) is 41.5. The molecule has 1 aromatic rings. The molecule has 1 saturated heterocycles. The second-order valence-electron chi connectivity index (χ2n) is 11.7. The summed E-state index contributed by atoms with van der Waals surface area (Å²) >= 11 is 0. The summed E-state index contributed by atoms with van der Waals surface area (Å²) in [7, 11) is 0. The summed E-state index contributed by atoms with van der Waals surface area (Å²) in [5, 5.41) is 23.8. The largest absolute Gasteiger partial charge is 0.385 e. The molecule has 35 heavy (non-hydrogen) atoms. The van der Waals surface area contributed by atoms with Crippen molar-refractivity contribution in [3.05, 3.63) is 46.5 Å². The lowest BCUT2D eigenvalue weighted by atomic mass is 9.49. The topological polar surface area (TPSA) is 76.0 Å². The molecule has 0 bridgehead atoms. The van der Waals surface area contributed by atoms with E-state index in [4.69, 9.17) is 9.47 Å². The van der Waals surface area contributed by atoms with Gasteiger partial charge >= 0.3 is 0 Å². The van der Waals surface area contributed by atoms with Crippen LogP contribution in [-0.2, 0) is 9.47 Å². The predicted octanol–water partition coefficient (Wildman–Crippen LogP) is 4.52. The number of hydrogen-bond acceptors (Lipinski definition) is 5. The van der Waals surface area contributed by atoms with Crippen LogP contribution in [0.3, 0.4) is 0 Å². The van der Waals surface area contributed by atoms with E-state index < -0.39 is 17.0 Å². The van der Waals surface area contributed by atoms with Gasteiger partial charge in [-0.25, -0.2) is 0 Å². The maximum atomic E-state index is 12.1. The van der Waals surface area contributed by atoms with Crippen LogP contribution < -0.4 is 0 Å². The van der Waals surface area contributed by atoms with Gasteiger partial charge in [-0.3, -0.25) is 4.79 Å². The van der Waals surface area contributed by atoms with Crippen molar-refractivity contribution in [1.29, 1.82) is 0 Å². The van der Waals surface area contributed by atoms with Crippen LogP contribution in [0.15, 0.2) is 35.4 Å². The van der Waals surface area contributed by atoms with E-state index in [-0.39, 0.29) is 11.3 Å². The minimum atomic E-state index is -1.00. The Morgan fingerprint density at radius 1 is 1.06 bits per heavy atom. The fourth-order valence-corrected chi connectivity index (χ4v) is 8.54. The number of aldehydes is 1. The number of benzene rings is 1. The average molecular weight is 477 g/mol. The van der Waals surface area contributed by atoms with Gasteiger partial charge in [-0.05, 0) is 68.4 Å². The molecule has 6 atom stereocenters. The quantitative estimate of drug-likeness (QED) is 0.373. The highest BCUT2D eigenvalue weighted by Gasteiger charge is 2.64. The van der Waals surface area contributed by atoms with Crippen LogP contribution >= 0.6 is 0 Å². The molecule has 5 aliphatic rings. The van der Waals surface area contributed by atoms with Crippen molar-refractivity contribution < 1.29 is 24.5 Å². The minimum Gasteiger partial charge on any atom is -0.385 e. The molecule has 0 amide bonds. The Bertz CT molecular complexity index is 1120. The fourth-order valence-electron chi connectivity index (χ4n) is 8.54. The fraction of sp³-hybridized carbons (Fsp3) is 0.633. The Labute approximate surface area is 207 Å². The van der Waals surface area contributed by atoms with Crippen LogP contribution in [0.4, 0.5) is 0 Å². The smallest absolute Gasteiger partial charge is 0.171 e. The first-order valence-corrected chi connectivity index (χ1v) is 13.2. The molecule has 5 heteroatoms. The van der Waals surface area contributed by atoms with Crippen LogP contribution in [0, 0.1) is 29.1 Å². The summed E-state index contributed by atoms with van der Waals surface area (Å²) in [5.74, 6) is 6.28. The number of aliphatic hydroxyl groups is 2.